The quantitative estimate of drug-likeness (QED) is 0.831. The van der Waals surface area contributed by atoms with Gasteiger partial charge in [-0.1, -0.05) is 25.4 Å². The zero-order valence-electron chi connectivity index (χ0n) is 9.94. The van der Waals surface area contributed by atoms with Gasteiger partial charge >= 0.3 is 0 Å². The molecule has 4 heteroatoms. The van der Waals surface area contributed by atoms with Crippen LogP contribution in [0, 0.1) is 11.8 Å². The summed E-state index contributed by atoms with van der Waals surface area (Å²) >= 11 is 0. The minimum Gasteiger partial charge on any atom is -0.339 e. The summed E-state index contributed by atoms with van der Waals surface area (Å²) in [6.45, 7) is 4.11. The SMILES string of the molecule is CC(C)c1nc(C2(N)CC3CCC2C3)no1. The maximum absolute atomic E-state index is 6.49. The van der Waals surface area contributed by atoms with Crippen LogP contribution in [0.1, 0.15) is 57.2 Å². The van der Waals surface area contributed by atoms with Crippen molar-refractivity contribution in [1.29, 1.82) is 0 Å². The maximum Gasteiger partial charge on any atom is 0.229 e. The van der Waals surface area contributed by atoms with Crippen LogP contribution in [0.15, 0.2) is 4.52 Å². The second-order valence-corrected chi connectivity index (χ2v) is 5.73. The molecule has 2 fully saturated rings. The average Bonchev–Trinajstić information content (AvgIpc) is 2.91. The van der Waals surface area contributed by atoms with Crippen molar-refractivity contribution in [3.05, 3.63) is 11.7 Å². The van der Waals surface area contributed by atoms with E-state index in [0.29, 0.717) is 11.8 Å². The first-order valence-corrected chi connectivity index (χ1v) is 6.22. The molecule has 1 heterocycles. The Balaban J connectivity index is 1.91. The first kappa shape index (κ1) is 10.3. The molecule has 88 valence electrons. The van der Waals surface area contributed by atoms with Gasteiger partial charge in [0.1, 0.15) is 0 Å². The van der Waals surface area contributed by atoms with Gasteiger partial charge in [-0.2, -0.15) is 4.98 Å². The lowest BCUT2D eigenvalue weighted by Gasteiger charge is -2.30. The fraction of sp³-hybridized carbons (Fsp3) is 0.833. The van der Waals surface area contributed by atoms with Gasteiger partial charge in [0.2, 0.25) is 5.89 Å². The van der Waals surface area contributed by atoms with E-state index >= 15 is 0 Å². The summed E-state index contributed by atoms with van der Waals surface area (Å²) in [5, 5.41) is 4.10. The van der Waals surface area contributed by atoms with E-state index < -0.39 is 0 Å². The highest BCUT2D eigenvalue weighted by Gasteiger charge is 2.52. The van der Waals surface area contributed by atoms with Gasteiger partial charge in [-0.25, -0.2) is 0 Å². The van der Waals surface area contributed by atoms with Crippen LogP contribution in [0.3, 0.4) is 0 Å². The normalized spacial score (nSPS) is 37.5. The Morgan fingerprint density at radius 2 is 2.25 bits per heavy atom. The molecule has 0 radical (unpaired) electrons. The van der Waals surface area contributed by atoms with E-state index in [1.54, 1.807) is 0 Å². The minimum absolute atomic E-state index is 0.281. The lowest BCUT2D eigenvalue weighted by atomic mass is 9.81. The Hall–Kier alpha value is -0.900. The topological polar surface area (TPSA) is 64.9 Å². The number of hydrogen-bond donors (Lipinski definition) is 1. The number of nitrogens with zero attached hydrogens (tertiary/aromatic N) is 2. The molecule has 0 amide bonds. The predicted octanol–water partition coefficient (Wildman–Crippen LogP) is 2.17. The summed E-state index contributed by atoms with van der Waals surface area (Å²) in [4.78, 5) is 4.48. The van der Waals surface area contributed by atoms with Crippen LogP contribution >= 0.6 is 0 Å². The number of aromatic nitrogens is 2. The molecule has 1 aromatic heterocycles. The first-order chi connectivity index (χ1) is 7.59. The van der Waals surface area contributed by atoms with Crippen LogP contribution in [0.4, 0.5) is 0 Å². The molecule has 4 nitrogen and oxygen atoms in total. The third-order valence-corrected chi connectivity index (χ3v) is 4.25. The highest BCUT2D eigenvalue weighted by atomic mass is 16.5. The molecule has 0 saturated heterocycles. The van der Waals surface area contributed by atoms with Gasteiger partial charge in [0, 0.05) is 5.92 Å². The van der Waals surface area contributed by atoms with Gasteiger partial charge in [-0.3, -0.25) is 0 Å². The molecule has 3 atom stereocenters. The van der Waals surface area contributed by atoms with E-state index in [1.165, 1.54) is 19.3 Å². The fourth-order valence-electron chi connectivity index (χ4n) is 3.31. The zero-order valence-corrected chi connectivity index (χ0v) is 9.94. The van der Waals surface area contributed by atoms with Crippen LogP contribution in [0.2, 0.25) is 0 Å². The van der Waals surface area contributed by atoms with E-state index in [-0.39, 0.29) is 11.5 Å². The molecule has 3 unspecified atom stereocenters. The molecule has 2 saturated carbocycles. The highest BCUT2D eigenvalue weighted by molar-refractivity contribution is 5.14. The highest BCUT2D eigenvalue weighted by Crippen LogP contribution is 2.53. The Morgan fingerprint density at radius 3 is 2.75 bits per heavy atom. The van der Waals surface area contributed by atoms with Crippen LogP contribution < -0.4 is 5.73 Å². The molecule has 1 aromatic rings. The Bertz CT molecular complexity index is 401. The second kappa shape index (κ2) is 3.29. The molecule has 2 N–H and O–H groups in total. The third-order valence-electron chi connectivity index (χ3n) is 4.25. The van der Waals surface area contributed by atoms with Crippen molar-refractivity contribution in [2.24, 2.45) is 17.6 Å². The Morgan fingerprint density at radius 1 is 1.44 bits per heavy atom. The monoisotopic (exact) mass is 221 g/mol. The van der Waals surface area contributed by atoms with E-state index in [2.05, 4.69) is 24.0 Å². The molecular weight excluding hydrogens is 202 g/mol. The first-order valence-electron chi connectivity index (χ1n) is 6.22. The largest absolute Gasteiger partial charge is 0.339 e. The summed E-state index contributed by atoms with van der Waals surface area (Å²) in [5.41, 5.74) is 6.19. The van der Waals surface area contributed by atoms with Gasteiger partial charge in [-0.15, -0.1) is 0 Å². The summed E-state index contributed by atoms with van der Waals surface area (Å²) in [5.74, 6) is 3.08. The van der Waals surface area contributed by atoms with Crippen LogP contribution in [0.5, 0.6) is 0 Å². The molecule has 0 aromatic carbocycles. The number of hydrogen-bond acceptors (Lipinski definition) is 4. The predicted molar refractivity (Wildman–Crippen MR) is 59.7 cm³/mol. The van der Waals surface area contributed by atoms with Crippen molar-refractivity contribution in [1.82, 2.24) is 10.1 Å². The van der Waals surface area contributed by atoms with E-state index in [4.69, 9.17) is 10.3 Å². The number of fused-ring (bicyclic) bond motifs is 2. The van der Waals surface area contributed by atoms with Crippen molar-refractivity contribution in [3.63, 3.8) is 0 Å². The van der Waals surface area contributed by atoms with Gasteiger partial charge in [0.05, 0.1) is 5.54 Å². The molecule has 2 aliphatic carbocycles. The summed E-state index contributed by atoms with van der Waals surface area (Å²) in [6.07, 6.45) is 4.85. The Kier molecular flexibility index (Phi) is 2.11. The van der Waals surface area contributed by atoms with Crippen molar-refractivity contribution >= 4 is 0 Å². The Labute approximate surface area is 95.6 Å². The number of nitrogens with two attached hydrogens (primary N) is 1. The molecule has 16 heavy (non-hydrogen) atoms. The lowest BCUT2D eigenvalue weighted by molar-refractivity contribution is 0.250. The summed E-state index contributed by atoms with van der Waals surface area (Å²) in [6, 6.07) is 0. The molecule has 2 bridgehead atoms. The van der Waals surface area contributed by atoms with E-state index in [0.717, 1.165) is 18.2 Å². The van der Waals surface area contributed by atoms with Crippen molar-refractivity contribution in [2.45, 2.75) is 51.0 Å². The smallest absolute Gasteiger partial charge is 0.229 e. The van der Waals surface area contributed by atoms with E-state index in [1.807, 2.05) is 0 Å². The fourth-order valence-corrected chi connectivity index (χ4v) is 3.31. The summed E-state index contributed by atoms with van der Waals surface area (Å²) in [7, 11) is 0. The maximum atomic E-state index is 6.49. The molecular formula is C12H19N3O. The van der Waals surface area contributed by atoms with Crippen LogP contribution in [-0.4, -0.2) is 10.1 Å². The lowest BCUT2D eigenvalue weighted by Crippen LogP contribution is -2.42. The van der Waals surface area contributed by atoms with Crippen molar-refractivity contribution in [2.75, 3.05) is 0 Å². The minimum atomic E-state index is -0.306. The van der Waals surface area contributed by atoms with Gasteiger partial charge < -0.3 is 10.3 Å². The van der Waals surface area contributed by atoms with Gasteiger partial charge in [0.25, 0.3) is 0 Å². The second-order valence-electron chi connectivity index (χ2n) is 5.73. The zero-order chi connectivity index (χ0) is 11.3. The van der Waals surface area contributed by atoms with Crippen LogP contribution in [0.25, 0.3) is 0 Å². The van der Waals surface area contributed by atoms with E-state index in [9.17, 15) is 0 Å². The molecule has 0 spiro atoms. The van der Waals surface area contributed by atoms with Crippen molar-refractivity contribution in [3.8, 4) is 0 Å². The molecule has 0 aliphatic heterocycles. The third kappa shape index (κ3) is 1.32. The van der Waals surface area contributed by atoms with Gasteiger partial charge in [0.15, 0.2) is 5.82 Å². The number of rotatable bonds is 2. The van der Waals surface area contributed by atoms with Crippen molar-refractivity contribution < 1.29 is 4.52 Å². The standard InChI is InChI=1S/C12H19N3O/c1-7(2)10-14-11(15-16-10)12(13)6-8-3-4-9(12)5-8/h7-9H,3-6,13H2,1-2H3. The molecule has 3 rings (SSSR count). The molecule has 2 aliphatic rings. The summed E-state index contributed by atoms with van der Waals surface area (Å²) < 4.78 is 5.27. The average molecular weight is 221 g/mol. The van der Waals surface area contributed by atoms with Crippen LogP contribution in [-0.2, 0) is 5.54 Å². The van der Waals surface area contributed by atoms with Gasteiger partial charge in [-0.05, 0) is 31.1 Å².